The molecule has 1 aromatic carbocycles. The van der Waals surface area contributed by atoms with Crippen LogP contribution in [-0.4, -0.2) is 5.78 Å². The summed E-state index contributed by atoms with van der Waals surface area (Å²) in [5.74, 6) is 0.254. The molecule has 0 spiro atoms. The molecular formula is C15H20O. The second kappa shape index (κ2) is 7.86. The van der Waals surface area contributed by atoms with Gasteiger partial charge in [-0.25, -0.2) is 0 Å². The van der Waals surface area contributed by atoms with Gasteiger partial charge in [0.15, 0.2) is 5.78 Å². The van der Waals surface area contributed by atoms with E-state index in [0.29, 0.717) is 6.42 Å². The standard InChI is InChI=1S/C15H20O/c1-2-3-5-12-15(16)13-8-11-14-9-6-4-7-10-14/h4-7,9-10,12H,2-3,8,11,13H2,1H3/b12-5+. The van der Waals surface area contributed by atoms with E-state index in [1.165, 1.54) is 5.56 Å². The van der Waals surface area contributed by atoms with Gasteiger partial charge in [-0.3, -0.25) is 4.79 Å². The molecular weight excluding hydrogens is 196 g/mol. The van der Waals surface area contributed by atoms with Crippen LogP contribution < -0.4 is 0 Å². The number of rotatable bonds is 7. The Morgan fingerprint density at radius 3 is 2.69 bits per heavy atom. The van der Waals surface area contributed by atoms with Crippen molar-refractivity contribution in [3.8, 4) is 0 Å². The van der Waals surface area contributed by atoms with E-state index in [1.807, 2.05) is 24.3 Å². The van der Waals surface area contributed by atoms with E-state index in [2.05, 4.69) is 19.1 Å². The smallest absolute Gasteiger partial charge is 0.155 e. The Kier molecular flexibility index (Phi) is 6.24. The highest BCUT2D eigenvalue weighted by Gasteiger charge is 1.97. The van der Waals surface area contributed by atoms with Gasteiger partial charge in [-0.15, -0.1) is 0 Å². The highest BCUT2D eigenvalue weighted by molar-refractivity contribution is 5.89. The number of hydrogen-bond acceptors (Lipinski definition) is 1. The van der Waals surface area contributed by atoms with E-state index in [0.717, 1.165) is 25.7 Å². The number of aryl methyl sites for hydroxylation is 1. The van der Waals surface area contributed by atoms with Crippen LogP contribution in [0.15, 0.2) is 42.5 Å². The van der Waals surface area contributed by atoms with Crippen molar-refractivity contribution < 1.29 is 4.79 Å². The van der Waals surface area contributed by atoms with Crippen molar-refractivity contribution in [1.82, 2.24) is 0 Å². The molecule has 1 rings (SSSR count). The summed E-state index contributed by atoms with van der Waals surface area (Å²) in [6, 6.07) is 10.3. The van der Waals surface area contributed by atoms with Crippen LogP contribution in [0, 0.1) is 0 Å². The van der Waals surface area contributed by atoms with Crippen molar-refractivity contribution in [3.63, 3.8) is 0 Å². The quantitative estimate of drug-likeness (QED) is 0.631. The van der Waals surface area contributed by atoms with Crippen LogP contribution in [0.5, 0.6) is 0 Å². The second-order valence-electron chi connectivity index (χ2n) is 4.00. The van der Waals surface area contributed by atoms with Crippen LogP contribution >= 0.6 is 0 Å². The molecule has 0 heterocycles. The number of allylic oxidation sites excluding steroid dienone is 2. The first-order chi connectivity index (χ1) is 7.83. The molecule has 0 aliphatic rings. The fraction of sp³-hybridized carbons (Fsp3) is 0.400. The van der Waals surface area contributed by atoms with Gasteiger partial charge in [-0.05, 0) is 30.9 Å². The molecule has 1 heteroatoms. The molecule has 86 valence electrons. The Morgan fingerprint density at radius 1 is 1.25 bits per heavy atom. The second-order valence-corrected chi connectivity index (χ2v) is 4.00. The lowest BCUT2D eigenvalue weighted by atomic mass is 10.1. The van der Waals surface area contributed by atoms with Crippen LogP contribution in [-0.2, 0) is 11.2 Å². The molecule has 0 bridgehead atoms. The number of ketones is 1. The number of unbranched alkanes of at least 4 members (excludes halogenated alkanes) is 1. The first-order valence-electron chi connectivity index (χ1n) is 6.06. The third-order valence-electron chi connectivity index (χ3n) is 2.49. The highest BCUT2D eigenvalue weighted by Crippen LogP contribution is 2.05. The molecule has 0 amide bonds. The predicted molar refractivity (Wildman–Crippen MR) is 68.4 cm³/mol. The molecule has 0 N–H and O–H groups in total. The largest absolute Gasteiger partial charge is 0.295 e. The van der Waals surface area contributed by atoms with Crippen LogP contribution in [0.1, 0.15) is 38.2 Å². The highest BCUT2D eigenvalue weighted by atomic mass is 16.1. The number of carbonyl (C=O) groups excluding carboxylic acids is 1. The van der Waals surface area contributed by atoms with Gasteiger partial charge in [-0.1, -0.05) is 49.8 Å². The van der Waals surface area contributed by atoms with Crippen molar-refractivity contribution >= 4 is 5.78 Å². The van der Waals surface area contributed by atoms with E-state index in [4.69, 9.17) is 0 Å². The molecule has 0 saturated carbocycles. The summed E-state index contributed by atoms with van der Waals surface area (Å²) < 4.78 is 0. The minimum absolute atomic E-state index is 0.254. The molecule has 0 unspecified atom stereocenters. The maximum Gasteiger partial charge on any atom is 0.155 e. The van der Waals surface area contributed by atoms with E-state index in [1.54, 1.807) is 6.08 Å². The van der Waals surface area contributed by atoms with Crippen molar-refractivity contribution in [3.05, 3.63) is 48.0 Å². The van der Waals surface area contributed by atoms with Crippen molar-refractivity contribution in [1.29, 1.82) is 0 Å². The lowest BCUT2D eigenvalue weighted by molar-refractivity contribution is -0.114. The summed E-state index contributed by atoms with van der Waals surface area (Å²) in [4.78, 5) is 11.4. The van der Waals surface area contributed by atoms with Crippen LogP contribution in [0.4, 0.5) is 0 Å². The summed E-state index contributed by atoms with van der Waals surface area (Å²) in [5.41, 5.74) is 1.31. The summed E-state index contributed by atoms with van der Waals surface area (Å²) in [6.45, 7) is 2.12. The third-order valence-corrected chi connectivity index (χ3v) is 2.49. The van der Waals surface area contributed by atoms with Gasteiger partial charge in [0.25, 0.3) is 0 Å². The Labute approximate surface area is 98.2 Å². The number of hydrogen-bond donors (Lipinski definition) is 0. The molecule has 0 radical (unpaired) electrons. The number of carbonyl (C=O) groups is 1. The summed E-state index contributed by atoms with van der Waals surface area (Å²) in [6.07, 6.45) is 8.42. The van der Waals surface area contributed by atoms with E-state index >= 15 is 0 Å². The predicted octanol–water partition coefficient (Wildman–Crippen LogP) is 3.93. The van der Waals surface area contributed by atoms with Crippen molar-refractivity contribution in [2.75, 3.05) is 0 Å². The topological polar surface area (TPSA) is 17.1 Å². The molecule has 0 atom stereocenters. The van der Waals surface area contributed by atoms with Gasteiger partial charge < -0.3 is 0 Å². The van der Waals surface area contributed by atoms with Gasteiger partial charge in [-0.2, -0.15) is 0 Å². The van der Waals surface area contributed by atoms with E-state index in [-0.39, 0.29) is 5.78 Å². The molecule has 0 aliphatic carbocycles. The van der Waals surface area contributed by atoms with Crippen molar-refractivity contribution in [2.45, 2.75) is 39.0 Å². The average Bonchev–Trinajstić information content (AvgIpc) is 2.31. The maximum atomic E-state index is 11.4. The lowest BCUT2D eigenvalue weighted by Gasteiger charge is -1.98. The summed E-state index contributed by atoms with van der Waals surface area (Å²) >= 11 is 0. The molecule has 0 aromatic heterocycles. The first-order valence-corrected chi connectivity index (χ1v) is 6.06. The molecule has 0 aliphatic heterocycles. The van der Waals surface area contributed by atoms with Crippen LogP contribution in [0.2, 0.25) is 0 Å². The Bertz CT molecular complexity index is 325. The summed E-state index contributed by atoms with van der Waals surface area (Å²) in [7, 11) is 0. The van der Waals surface area contributed by atoms with E-state index in [9.17, 15) is 4.79 Å². The Morgan fingerprint density at radius 2 is 2.00 bits per heavy atom. The molecule has 0 saturated heterocycles. The molecule has 16 heavy (non-hydrogen) atoms. The van der Waals surface area contributed by atoms with Gasteiger partial charge in [0.1, 0.15) is 0 Å². The molecule has 0 fully saturated rings. The fourth-order valence-electron chi connectivity index (χ4n) is 1.58. The van der Waals surface area contributed by atoms with Crippen LogP contribution in [0.25, 0.3) is 0 Å². The third kappa shape index (κ3) is 5.50. The van der Waals surface area contributed by atoms with Crippen molar-refractivity contribution in [2.24, 2.45) is 0 Å². The average molecular weight is 216 g/mol. The van der Waals surface area contributed by atoms with Crippen LogP contribution in [0.3, 0.4) is 0 Å². The van der Waals surface area contributed by atoms with Gasteiger partial charge in [0.05, 0.1) is 0 Å². The fourth-order valence-corrected chi connectivity index (χ4v) is 1.58. The van der Waals surface area contributed by atoms with Gasteiger partial charge in [0.2, 0.25) is 0 Å². The zero-order valence-corrected chi connectivity index (χ0v) is 9.99. The summed E-state index contributed by atoms with van der Waals surface area (Å²) in [5, 5.41) is 0. The minimum Gasteiger partial charge on any atom is -0.295 e. The SMILES string of the molecule is CCC/C=C/C(=O)CCCc1ccccc1. The zero-order chi connectivity index (χ0) is 11.6. The number of benzene rings is 1. The lowest BCUT2D eigenvalue weighted by Crippen LogP contribution is -1.94. The minimum atomic E-state index is 0.254. The van der Waals surface area contributed by atoms with E-state index < -0.39 is 0 Å². The zero-order valence-electron chi connectivity index (χ0n) is 9.99. The maximum absolute atomic E-state index is 11.4. The first kappa shape index (κ1) is 12.7. The molecule has 1 aromatic rings. The van der Waals surface area contributed by atoms with Gasteiger partial charge >= 0.3 is 0 Å². The van der Waals surface area contributed by atoms with Gasteiger partial charge in [0, 0.05) is 6.42 Å². The monoisotopic (exact) mass is 216 g/mol. The Balaban J connectivity index is 2.18. The normalized spacial score (nSPS) is 10.8. The molecule has 1 nitrogen and oxygen atoms in total. The Hall–Kier alpha value is -1.37.